The van der Waals surface area contributed by atoms with Crippen molar-refractivity contribution in [2.45, 2.75) is 13.5 Å². The van der Waals surface area contributed by atoms with Crippen molar-refractivity contribution < 1.29 is 4.74 Å². The van der Waals surface area contributed by atoms with Crippen molar-refractivity contribution >= 4 is 11.6 Å². The number of nitrogens with zero attached hydrogens (tertiary/aromatic N) is 2. The van der Waals surface area contributed by atoms with Crippen molar-refractivity contribution in [3.8, 4) is 11.6 Å². The van der Waals surface area contributed by atoms with Gasteiger partial charge in [0.1, 0.15) is 6.61 Å². The quantitative estimate of drug-likeness (QED) is 0.721. The summed E-state index contributed by atoms with van der Waals surface area (Å²) in [4.78, 5) is 0. The number of hydrogen-bond donors (Lipinski definition) is 0. The molecule has 0 unspecified atom stereocenters. The molecule has 0 N–H and O–H groups in total. The Morgan fingerprint density at radius 1 is 1.19 bits per heavy atom. The fourth-order valence-corrected chi connectivity index (χ4v) is 2.13. The lowest BCUT2D eigenvalue weighted by Crippen LogP contribution is -1.98. The second-order valence-electron chi connectivity index (χ2n) is 4.75. The van der Waals surface area contributed by atoms with Gasteiger partial charge in [-0.25, -0.2) is 4.68 Å². The van der Waals surface area contributed by atoms with Crippen LogP contribution in [0.1, 0.15) is 11.1 Å². The van der Waals surface area contributed by atoms with E-state index >= 15 is 0 Å². The van der Waals surface area contributed by atoms with E-state index in [1.165, 1.54) is 5.56 Å². The largest absolute Gasteiger partial charge is 0.472 e. The first kappa shape index (κ1) is 13.7. The molecule has 0 bridgehead atoms. The average molecular weight is 298 g/mol. The predicted molar refractivity (Wildman–Crippen MR) is 82.9 cm³/mol. The lowest BCUT2D eigenvalue weighted by atomic mass is 10.1. The minimum absolute atomic E-state index is 0.458. The maximum Gasteiger partial charge on any atom is 0.233 e. The van der Waals surface area contributed by atoms with E-state index in [1.807, 2.05) is 55.6 Å². The molecule has 3 nitrogen and oxygen atoms in total. The van der Waals surface area contributed by atoms with Crippen LogP contribution >= 0.6 is 11.6 Å². The second-order valence-corrected chi connectivity index (χ2v) is 5.19. The van der Waals surface area contributed by atoms with Gasteiger partial charge < -0.3 is 4.74 Å². The highest BCUT2D eigenvalue weighted by Crippen LogP contribution is 2.16. The van der Waals surface area contributed by atoms with E-state index < -0.39 is 0 Å². The van der Waals surface area contributed by atoms with E-state index in [0.29, 0.717) is 17.5 Å². The van der Waals surface area contributed by atoms with E-state index in [9.17, 15) is 0 Å². The van der Waals surface area contributed by atoms with Gasteiger partial charge >= 0.3 is 0 Å². The Labute approximate surface area is 128 Å². The minimum atomic E-state index is 0.458. The standard InChI is InChI=1S/C17H14ClN2O/c1-13-3-2-4-14(11-13)12-21-17-9-10-20(19-17)16-7-5-15(18)6-8-16/h2-3,5-11H,12H2,1H3. The summed E-state index contributed by atoms with van der Waals surface area (Å²) in [5.74, 6) is 0.583. The van der Waals surface area contributed by atoms with Gasteiger partial charge in [-0.1, -0.05) is 35.4 Å². The van der Waals surface area contributed by atoms with E-state index in [1.54, 1.807) is 4.68 Å². The molecule has 0 saturated carbocycles. The van der Waals surface area contributed by atoms with Crippen LogP contribution in [0.25, 0.3) is 5.69 Å². The van der Waals surface area contributed by atoms with Gasteiger partial charge in [-0.05, 0) is 42.8 Å². The highest BCUT2D eigenvalue weighted by atomic mass is 35.5. The smallest absolute Gasteiger partial charge is 0.233 e. The van der Waals surface area contributed by atoms with Crippen molar-refractivity contribution in [1.29, 1.82) is 0 Å². The molecule has 0 atom stereocenters. The van der Waals surface area contributed by atoms with Gasteiger partial charge in [0, 0.05) is 17.3 Å². The molecule has 0 fully saturated rings. The van der Waals surface area contributed by atoms with Crippen LogP contribution in [-0.2, 0) is 6.61 Å². The van der Waals surface area contributed by atoms with E-state index in [-0.39, 0.29) is 0 Å². The highest BCUT2D eigenvalue weighted by molar-refractivity contribution is 6.30. The summed E-state index contributed by atoms with van der Waals surface area (Å²) in [5, 5.41) is 5.09. The van der Waals surface area contributed by atoms with Gasteiger partial charge in [-0.2, -0.15) is 0 Å². The maximum atomic E-state index is 5.88. The molecule has 1 radical (unpaired) electrons. The third-order valence-electron chi connectivity index (χ3n) is 3.05. The van der Waals surface area contributed by atoms with Crippen LogP contribution in [-0.4, -0.2) is 9.78 Å². The first-order valence-electron chi connectivity index (χ1n) is 6.62. The molecule has 0 amide bonds. The van der Waals surface area contributed by atoms with E-state index in [2.05, 4.69) is 17.2 Å². The van der Waals surface area contributed by atoms with E-state index in [4.69, 9.17) is 16.3 Å². The normalized spacial score (nSPS) is 10.6. The molecule has 0 saturated heterocycles. The van der Waals surface area contributed by atoms with Crippen LogP contribution in [0.2, 0.25) is 5.02 Å². The first-order chi connectivity index (χ1) is 10.2. The number of aromatic nitrogens is 2. The first-order valence-corrected chi connectivity index (χ1v) is 7.00. The van der Waals surface area contributed by atoms with Crippen LogP contribution in [0.4, 0.5) is 0 Å². The van der Waals surface area contributed by atoms with Gasteiger partial charge in [0.2, 0.25) is 5.88 Å². The van der Waals surface area contributed by atoms with Gasteiger partial charge in [0.05, 0.1) is 5.69 Å². The molecule has 0 aliphatic rings. The van der Waals surface area contributed by atoms with Gasteiger partial charge in [0.15, 0.2) is 0 Å². The van der Waals surface area contributed by atoms with Crippen LogP contribution in [0.15, 0.2) is 54.7 Å². The van der Waals surface area contributed by atoms with Crippen molar-refractivity contribution in [1.82, 2.24) is 9.78 Å². The summed E-state index contributed by atoms with van der Waals surface area (Å²) in [7, 11) is 0. The molecule has 21 heavy (non-hydrogen) atoms. The Kier molecular flexibility index (Phi) is 3.93. The molecule has 1 aromatic heterocycles. The van der Waals surface area contributed by atoms with Crippen molar-refractivity contribution in [3.63, 3.8) is 0 Å². The number of rotatable bonds is 4. The zero-order valence-electron chi connectivity index (χ0n) is 11.6. The fraction of sp³-hybridized carbons (Fsp3) is 0.118. The topological polar surface area (TPSA) is 27.1 Å². The Hall–Kier alpha value is -2.26. The number of benzene rings is 2. The maximum absolute atomic E-state index is 5.88. The molecule has 3 aromatic rings. The van der Waals surface area contributed by atoms with Gasteiger partial charge in [-0.3, -0.25) is 0 Å². The van der Waals surface area contributed by atoms with Gasteiger partial charge in [0.25, 0.3) is 0 Å². The zero-order valence-corrected chi connectivity index (χ0v) is 12.3. The number of halogens is 1. The van der Waals surface area contributed by atoms with Crippen LogP contribution < -0.4 is 4.74 Å². The molecular weight excluding hydrogens is 284 g/mol. The lowest BCUT2D eigenvalue weighted by Gasteiger charge is -2.04. The highest BCUT2D eigenvalue weighted by Gasteiger charge is 2.03. The van der Waals surface area contributed by atoms with Crippen LogP contribution in [0.3, 0.4) is 0 Å². The minimum Gasteiger partial charge on any atom is -0.472 e. The lowest BCUT2D eigenvalue weighted by molar-refractivity contribution is 0.291. The second kappa shape index (κ2) is 6.02. The summed E-state index contributed by atoms with van der Waals surface area (Å²) in [6, 6.07) is 18.4. The molecule has 1 heterocycles. The molecular formula is C17H14ClN2O. The Bertz CT molecular complexity index is 735. The van der Waals surface area contributed by atoms with Crippen molar-refractivity contribution in [2.75, 3.05) is 0 Å². The third kappa shape index (κ3) is 3.44. The molecule has 2 aromatic carbocycles. The summed E-state index contributed by atoms with van der Waals surface area (Å²) >= 11 is 5.88. The monoisotopic (exact) mass is 297 g/mol. The Morgan fingerprint density at radius 2 is 2.00 bits per heavy atom. The summed E-state index contributed by atoms with van der Waals surface area (Å²) in [6.07, 6.45) is 1.86. The Balaban J connectivity index is 1.69. The molecule has 0 aliphatic carbocycles. The SMILES string of the molecule is Cc1cc[c]c(COc2ccn(-c3ccc(Cl)cc3)n2)c1. The Morgan fingerprint density at radius 3 is 2.76 bits per heavy atom. The summed E-state index contributed by atoms with van der Waals surface area (Å²) in [6.45, 7) is 2.51. The van der Waals surface area contributed by atoms with Crippen LogP contribution in [0.5, 0.6) is 5.88 Å². The van der Waals surface area contributed by atoms with Crippen LogP contribution in [0, 0.1) is 13.0 Å². The number of hydrogen-bond acceptors (Lipinski definition) is 2. The molecule has 3 rings (SSSR count). The number of ether oxygens (including phenoxy) is 1. The molecule has 0 spiro atoms. The molecule has 0 aliphatic heterocycles. The van der Waals surface area contributed by atoms with Crippen molar-refractivity contribution in [2.24, 2.45) is 0 Å². The molecule has 4 heteroatoms. The zero-order chi connectivity index (χ0) is 14.7. The van der Waals surface area contributed by atoms with E-state index in [0.717, 1.165) is 11.3 Å². The fourth-order valence-electron chi connectivity index (χ4n) is 2.00. The van der Waals surface area contributed by atoms with Crippen molar-refractivity contribution in [3.05, 3.63) is 76.9 Å². The molecule has 105 valence electrons. The summed E-state index contributed by atoms with van der Waals surface area (Å²) < 4.78 is 7.44. The third-order valence-corrected chi connectivity index (χ3v) is 3.30. The van der Waals surface area contributed by atoms with Gasteiger partial charge in [-0.15, -0.1) is 5.10 Å². The summed E-state index contributed by atoms with van der Waals surface area (Å²) in [5.41, 5.74) is 3.14. The predicted octanol–water partition coefficient (Wildman–Crippen LogP) is 4.21. The number of aryl methyl sites for hydroxylation is 1. The average Bonchev–Trinajstić information content (AvgIpc) is 2.95.